The second kappa shape index (κ2) is 6.55. The molecule has 1 aliphatic carbocycles. The van der Waals surface area contributed by atoms with Crippen LogP contribution in [-0.2, 0) is 12.8 Å². The highest BCUT2D eigenvalue weighted by molar-refractivity contribution is 9.10. The normalized spacial score (nSPS) is 16.5. The fourth-order valence-corrected chi connectivity index (χ4v) is 5.24. The Bertz CT molecular complexity index is 1090. The van der Waals surface area contributed by atoms with Crippen molar-refractivity contribution in [3.8, 4) is 5.75 Å². The summed E-state index contributed by atoms with van der Waals surface area (Å²) in [6.45, 7) is 2.20. The third kappa shape index (κ3) is 2.85. The Hall–Kier alpha value is -2.12. The molecule has 26 heavy (non-hydrogen) atoms. The Morgan fingerprint density at radius 1 is 1.38 bits per heavy atom. The predicted molar refractivity (Wildman–Crippen MR) is 107 cm³/mol. The van der Waals surface area contributed by atoms with Crippen LogP contribution in [0.2, 0.25) is 0 Å². The summed E-state index contributed by atoms with van der Waals surface area (Å²) in [5.74, 6) is -0.260. The van der Waals surface area contributed by atoms with Crippen molar-refractivity contribution < 1.29 is 9.90 Å². The highest BCUT2D eigenvalue weighted by Gasteiger charge is 2.27. The predicted octanol–water partition coefficient (Wildman–Crippen LogP) is 4.43. The van der Waals surface area contributed by atoms with Gasteiger partial charge in [-0.1, -0.05) is 19.1 Å². The summed E-state index contributed by atoms with van der Waals surface area (Å²) in [4.78, 5) is 29.8. The first kappa shape index (κ1) is 17.3. The molecule has 4 rings (SSSR count). The Labute approximate surface area is 162 Å². The van der Waals surface area contributed by atoms with Gasteiger partial charge in [0.15, 0.2) is 0 Å². The Balaban J connectivity index is 1.82. The van der Waals surface area contributed by atoms with E-state index in [1.165, 1.54) is 16.2 Å². The number of aromatic hydroxyl groups is 1. The van der Waals surface area contributed by atoms with Crippen LogP contribution in [0.4, 0.5) is 5.69 Å². The van der Waals surface area contributed by atoms with Crippen molar-refractivity contribution in [1.29, 1.82) is 0 Å². The van der Waals surface area contributed by atoms with Gasteiger partial charge in [-0.15, -0.1) is 11.3 Å². The lowest BCUT2D eigenvalue weighted by Gasteiger charge is -2.18. The minimum Gasteiger partial charge on any atom is -0.506 e. The molecular weight excluding hydrogens is 416 g/mol. The molecule has 0 radical (unpaired) electrons. The molecule has 2 aromatic heterocycles. The van der Waals surface area contributed by atoms with E-state index in [1.807, 2.05) is 6.07 Å². The number of carbonyl (C=O) groups excluding carboxylic acids is 1. The maximum atomic E-state index is 12.7. The van der Waals surface area contributed by atoms with Gasteiger partial charge in [-0.25, -0.2) is 0 Å². The molecule has 7 heteroatoms. The monoisotopic (exact) mass is 432 g/mol. The van der Waals surface area contributed by atoms with Crippen molar-refractivity contribution in [3.63, 3.8) is 0 Å². The van der Waals surface area contributed by atoms with Gasteiger partial charge < -0.3 is 15.4 Å². The molecule has 1 atom stereocenters. The first-order valence-electron chi connectivity index (χ1n) is 8.41. The van der Waals surface area contributed by atoms with Gasteiger partial charge in [-0.2, -0.15) is 0 Å². The molecule has 0 saturated carbocycles. The molecule has 134 valence electrons. The number of hydrogen-bond acceptors (Lipinski definition) is 4. The fourth-order valence-electron chi connectivity index (χ4n) is 3.45. The van der Waals surface area contributed by atoms with Crippen LogP contribution in [0.25, 0.3) is 10.2 Å². The van der Waals surface area contributed by atoms with Gasteiger partial charge in [0.25, 0.3) is 11.5 Å². The largest absolute Gasteiger partial charge is 0.506 e. The fraction of sp³-hybridized carbons (Fsp3) is 0.263. The zero-order valence-electron chi connectivity index (χ0n) is 14.1. The summed E-state index contributed by atoms with van der Waals surface area (Å²) in [6.07, 6.45) is 2.83. The summed E-state index contributed by atoms with van der Waals surface area (Å²) in [5, 5.41) is 14.1. The lowest BCUT2D eigenvalue weighted by molar-refractivity contribution is 0.102. The van der Waals surface area contributed by atoms with Crippen molar-refractivity contribution in [2.24, 2.45) is 5.92 Å². The van der Waals surface area contributed by atoms with Crippen LogP contribution in [0.3, 0.4) is 0 Å². The summed E-state index contributed by atoms with van der Waals surface area (Å²) < 4.78 is 0.701. The van der Waals surface area contributed by atoms with Crippen LogP contribution in [0.15, 0.2) is 33.5 Å². The highest BCUT2D eigenvalue weighted by Crippen LogP contribution is 2.41. The SMILES string of the molecule is C[C@@H]1CCc2c(sc3[nH]c(=O)c(C(=O)Nc4ccccc4Br)c(O)c23)C1. The van der Waals surface area contributed by atoms with Gasteiger partial charge in [0.1, 0.15) is 16.1 Å². The number of aryl methyl sites for hydroxylation is 1. The number of H-pyrrole nitrogens is 1. The minimum atomic E-state index is -0.623. The second-order valence-electron chi connectivity index (χ2n) is 6.67. The number of para-hydroxylation sites is 1. The van der Waals surface area contributed by atoms with Crippen molar-refractivity contribution >= 4 is 49.1 Å². The molecule has 2 heterocycles. The molecule has 0 unspecified atom stereocenters. The number of aromatic nitrogens is 1. The van der Waals surface area contributed by atoms with E-state index in [2.05, 4.69) is 33.2 Å². The lowest BCUT2D eigenvalue weighted by atomic mass is 9.89. The number of carbonyl (C=O) groups is 1. The van der Waals surface area contributed by atoms with Gasteiger partial charge in [-0.05, 0) is 58.8 Å². The molecule has 1 aromatic carbocycles. The molecule has 0 saturated heterocycles. The van der Waals surface area contributed by atoms with Crippen LogP contribution in [-0.4, -0.2) is 16.0 Å². The second-order valence-corrected chi connectivity index (χ2v) is 8.63. The zero-order chi connectivity index (χ0) is 18.4. The summed E-state index contributed by atoms with van der Waals surface area (Å²) >= 11 is 4.87. The van der Waals surface area contributed by atoms with Gasteiger partial charge in [0.05, 0.1) is 11.1 Å². The Kier molecular flexibility index (Phi) is 4.36. The average Bonchev–Trinajstić information content (AvgIpc) is 2.94. The van der Waals surface area contributed by atoms with Crippen molar-refractivity contribution in [2.75, 3.05) is 5.32 Å². The van der Waals surface area contributed by atoms with E-state index in [0.717, 1.165) is 24.8 Å². The first-order chi connectivity index (χ1) is 12.5. The number of halogens is 1. The number of benzene rings is 1. The molecule has 1 aliphatic rings. The molecule has 0 aliphatic heterocycles. The van der Waals surface area contributed by atoms with E-state index in [9.17, 15) is 14.7 Å². The van der Waals surface area contributed by atoms with Gasteiger partial charge >= 0.3 is 0 Å². The van der Waals surface area contributed by atoms with Crippen molar-refractivity contribution in [1.82, 2.24) is 4.98 Å². The van der Waals surface area contributed by atoms with Crippen LogP contribution >= 0.6 is 27.3 Å². The molecule has 0 fully saturated rings. The first-order valence-corrected chi connectivity index (χ1v) is 10.0. The van der Waals surface area contributed by atoms with Crippen LogP contribution in [0.1, 0.15) is 34.1 Å². The topological polar surface area (TPSA) is 82.2 Å². The molecule has 0 spiro atoms. The van der Waals surface area contributed by atoms with Gasteiger partial charge in [0, 0.05) is 9.35 Å². The van der Waals surface area contributed by atoms with E-state index in [0.29, 0.717) is 26.3 Å². The van der Waals surface area contributed by atoms with Gasteiger partial charge in [-0.3, -0.25) is 9.59 Å². The van der Waals surface area contributed by atoms with Crippen molar-refractivity contribution in [3.05, 3.63) is 55.1 Å². The van der Waals surface area contributed by atoms with Crippen LogP contribution < -0.4 is 10.9 Å². The summed E-state index contributed by atoms with van der Waals surface area (Å²) in [7, 11) is 0. The van der Waals surface area contributed by atoms with Crippen LogP contribution in [0, 0.1) is 5.92 Å². The number of pyridine rings is 1. The van der Waals surface area contributed by atoms with Crippen molar-refractivity contribution in [2.45, 2.75) is 26.2 Å². The number of hydrogen-bond donors (Lipinski definition) is 3. The molecule has 3 N–H and O–H groups in total. The maximum Gasteiger partial charge on any atom is 0.265 e. The molecule has 5 nitrogen and oxygen atoms in total. The van der Waals surface area contributed by atoms with E-state index < -0.39 is 11.5 Å². The number of anilines is 1. The van der Waals surface area contributed by atoms with E-state index in [1.54, 1.807) is 18.2 Å². The molecule has 1 amide bonds. The third-order valence-corrected chi connectivity index (χ3v) is 6.65. The number of amides is 1. The number of nitrogens with one attached hydrogen (secondary N) is 2. The van der Waals surface area contributed by atoms with E-state index >= 15 is 0 Å². The average molecular weight is 433 g/mol. The number of fused-ring (bicyclic) bond motifs is 3. The molecule has 3 aromatic rings. The lowest BCUT2D eigenvalue weighted by Crippen LogP contribution is -2.23. The quantitative estimate of drug-likeness (QED) is 0.559. The minimum absolute atomic E-state index is 0.222. The Morgan fingerprint density at radius 3 is 2.92 bits per heavy atom. The molecule has 0 bridgehead atoms. The smallest absolute Gasteiger partial charge is 0.265 e. The van der Waals surface area contributed by atoms with Gasteiger partial charge in [0.2, 0.25) is 0 Å². The maximum absolute atomic E-state index is 12.7. The summed E-state index contributed by atoms with van der Waals surface area (Å²) in [6, 6.07) is 7.12. The zero-order valence-corrected chi connectivity index (χ0v) is 16.5. The highest BCUT2D eigenvalue weighted by atomic mass is 79.9. The van der Waals surface area contributed by atoms with E-state index in [-0.39, 0.29) is 11.3 Å². The number of thiophene rings is 1. The summed E-state index contributed by atoms with van der Waals surface area (Å²) in [5.41, 5.74) is 0.781. The number of rotatable bonds is 2. The third-order valence-electron chi connectivity index (χ3n) is 4.79. The molecular formula is C19H17BrN2O3S. The standard InChI is InChI=1S/C19H17BrN2O3S/c1-9-6-7-10-13(8-9)26-19-14(10)16(23)15(18(25)22-19)17(24)21-12-5-3-2-4-11(12)20/h2-5,9H,6-8H2,1H3,(H,21,24)(H2,22,23,25)/t9-/m1/s1. The van der Waals surface area contributed by atoms with E-state index in [4.69, 9.17) is 0 Å². The Morgan fingerprint density at radius 2 is 2.15 bits per heavy atom. The number of aromatic amines is 1. The van der Waals surface area contributed by atoms with Crippen LogP contribution in [0.5, 0.6) is 5.75 Å².